The highest BCUT2D eigenvalue weighted by molar-refractivity contribution is 5.93. The molecule has 1 aromatic heterocycles. The molecular weight excluding hydrogens is 318 g/mol. The second-order valence-corrected chi connectivity index (χ2v) is 5.70. The number of anilines is 1. The van der Waals surface area contributed by atoms with Crippen LogP contribution in [-0.2, 0) is 27.2 Å². The molecule has 3 rings (SSSR count). The number of benzene rings is 2. The quantitative estimate of drug-likeness (QED) is 0.696. The number of aryl methyl sites for hydroxylation is 1. The maximum atomic E-state index is 12.0. The number of furan rings is 1. The number of esters is 1. The first kappa shape index (κ1) is 16.8. The van der Waals surface area contributed by atoms with Gasteiger partial charge in [0.05, 0.1) is 12.7 Å². The Morgan fingerprint density at radius 2 is 1.92 bits per heavy atom. The van der Waals surface area contributed by atoms with Crippen LogP contribution in [0.3, 0.4) is 0 Å². The Morgan fingerprint density at radius 3 is 2.68 bits per heavy atom. The first-order valence-electron chi connectivity index (χ1n) is 8.15. The molecule has 0 atom stereocenters. The Kier molecular flexibility index (Phi) is 5.14. The van der Waals surface area contributed by atoms with Crippen LogP contribution in [0.15, 0.2) is 59.2 Å². The minimum absolute atomic E-state index is 0.0666. The molecule has 0 fully saturated rings. The minimum atomic E-state index is -0.467. The molecule has 0 saturated heterocycles. The van der Waals surface area contributed by atoms with Crippen molar-refractivity contribution in [3.63, 3.8) is 0 Å². The number of hydrogen-bond acceptors (Lipinski definition) is 4. The third kappa shape index (κ3) is 4.26. The third-order valence-electron chi connectivity index (χ3n) is 3.88. The lowest BCUT2D eigenvalue weighted by molar-refractivity contribution is -0.146. The van der Waals surface area contributed by atoms with Crippen LogP contribution in [-0.4, -0.2) is 18.5 Å². The van der Waals surface area contributed by atoms with Crippen molar-refractivity contribution in [2.24, 2.45) is 0 Å². The molecule has 3 aromatic rings. The van der Waals surface area contributed by atoms with E-state index in [4.69, 9.17) is 9.15 Å². The Bertz CT molecular complexity index is 883. The second-order valence-electron chi connectivity index (χ2n) is 5.70. The average Bonchev–Trinajstić information content (AvgIpc) is 3.03. The number of carbonyl (C=O) groups is 2. The molecule has 0 saturated carbocycles. The van der Waals surface area contributed by atoms with Crippen LogP contribution in [0.1, 0.15) is 18.1 Å². The maximum Gasteiger partial charge on any atom is 0.310 e. The second kappa shape index (κ2) is 7.66. The van der Waals surface area contributed by atoms with E-state index in [0.717, 1.165) is 23.0 Å². The van der Waals surface area contributed by atoms with E-state index in [1.807, 2.05) is 36.4 Å². The van der Waals surface area contributed by atoms with Gasteiger partial charge in [-0.3, -0.25) is 9.59 Å². The smallest absolute Gasteiger partial charge is 0.310 e. The predicted molar refractivity (Wildman–Crippen MR) is 95.3 cm³/mol. The summed E-state index contributed by atoms with van der Waals surface area (Å²) < 4.78 is 10.6. The Morgan fingerprint density at radius 1 is 1.12 bits per heavy atom. The van der Waals surface area contributed by atoms with Gasteiger partial charge in [-0.2, -0.15) is 0 Å². The highest BCUT2D eigenvalue weighted by atomic mass is 16.5. The molecular formula is C20H19NO4. The number of hydrogen-bond donors (Lipinski definition) is 1. The SMILES string of the molecule is CCc1ccc2c(CC(=O)OCC(=O)Nc3ccccc3)coc2c1. The zero-order chi connectivity index (χ0) is 17.6. The number of carbonyl (C=O) groups excluding carboxylic acids is 2. The molecule has 0 aliphatic carbocycles. The summed E-state index contributed by atoms with van der Waals surface area (Å²) in [4.78, 5) is 23.8. The average molecular weight is 337 g/mol. The summed E-state index contributed by atoms with van der Waals surface area (Å²) >= 11 is 0. The van der Waals surface area contributed by atoms with E-state index in [2.05, 4.69) is 12.2 Å². The molecule has 1 heterocycles. The van der Waals surface area contributed by atoms with E-state index in [1.54, 1.807) is 18.4 Å². The molecule has 0 unspecified atom stereocenters. The number of nitrogens with one attached hydrogen (secondary N) is 1. The zero-order valence-electron chi connectivity index (χ0n) is 14.0. The zero-order valence-corrected chi connectivity index (χ0v) is 14.0. The van der Waals surface area contributed by atoms with Crippen LogP contribution >= 0.6 is 0 Å². The van der Waals surface area contributed by atoms with Gasteiger partial charge in [0.2, 0.25) is 0 Å². The summed E-state index contributed by atoms with van der Waals surface area (Å²) in [6.45, 7) is 1.76. The number of ether oxygens (including phenoxy) is 1. The molecule has 25 heavy (non-hydrogen) atoms. The van der Waals surface area contributed by atoms with Crippen molar-refractivity contribution in [2.75, 3.05) is 11.9 Å². The van der Waals surface area contributed by atoms with Gasteiger partial charge in [0, 0.05) is 16.6 Å². The van der Waals surface area contributed by atoms with E-state index >= 15 is 0 Å². The van der Waals surface area contributed by atoms with E-state index in [9.17, 15) is 9.59 Å². The first-order chi connectivity index (χ1) is 12.2. The maximum absolute atomic E-state index is 12.0. The number of amides is 1. The number of fused-ring (bicyclic) bond motifs is 1. The highest BCUT2D eigenvalue weighted by Crippen LogP contribution is 2.23. The third-order valence-corrected chi connectivity index (χ3v) is 3.88. The molecule has 5 nitrogen and oxygen atoms in total. The summed E-state index contributed by atoms with van der Waals surface area (Å²) in [5, 5.41) is 3.56. The molecule has 128 valence electrons. The van der Waals surface area contributed by atoms with Gasteiger partial charge in [0.1, 0.15) is 5.58 Å². The Labute approximate surface area is 145 Å². The molecule has 5 heteroatoms. The predicted octanol–water partition coefficient (Wildman–Crippen LogP) is 3.72. The fourth-order valence-corrected chi connectivity index (χ4v) is 2.56. The van der Waals surface area contributed by atoms with Crippen molar-refractivity contribution in [3.05, 3.63) is 65.9 Å². The van der Waals surface area contributed by atoms with Crippen LogP contribution in [0.2, 0.25) is 0 Å². The van der Waals surface area contributed by atoms with Crippen molar-refractivity contribution in [2.45, 2.75) is 19.8 Å². The lowest BCUT2D eigenvalue weighted by Crippen LogP contribution is -2.21. The fourth-order valence-electron chi connectivity index (χ4n) is 2.56. The molecule has 1 amide bonds. The van der Waals surface area contributed by atoms with E-state index in [0.29, 0.717) is 5.69 Å². The van der Waals surface area contributed by atoms with Gasteiger partial charge < -0.3 is 14.5 Å². The van der Waals surface area contributed by atoms with Gasteiger partial charge in [-0.25, -0.2) is 0 Å². The lowest BCUT2D eigenvalue weighted by atomic mass is 10.1. The summed E-state index contributed by atoms with van der Waals surface area (Å²) in [6.07, 6.45) is 2.55. The summed E-state index contributed by atoms with van der Waals surface area (Å²) in [7, 11) is 0. The van der Waals surface area contributed by atoms with Crippen LogP contribution in [0.5, 0.6) is 0 Å². The van der Waals surface area contributed by atoms with Gasteiger partial charge in [0.15, 0.2) is 6.61 Å². The summed E-state index contributed by atoms with van der Waals surface area (Å²) in [5.74, 6) is -0.838. The number of para-hydroxylation sites is 1. The molecule has 0 spiro atoms. The normalized spacial score (nSPS) is 10.6. The molecule has 1 N–H and O–H groups in total. The van der Waals surface area contributed by atoms with E-state index < -0.39 is 5.97 Å². The van der Waals surface area contributed by atoms with Crippen molar-refractivity contribution in [3.8, 4) is 0 Å². The lowest BCUT2D eigenvalue weighted by Gasteiger charge is -2.06. The Hall–Kier alpha value is -3.08. The topological polar surface area (TPSA) is 68.5 Å². The van der Waals surface area contributed by atoms with Crippen LogP contribution in [0.4, 0.5) is 5.69 Å². The highest BCUT2D eigenvalue weighted by Gasteiger charge is 2.13. The van der Waals surface area contributed by atoms with E-state index in [1.165, 1.54) is 5.56 Å². The van der Waals surface area contributed by atoms with Crippen LogP contribution in [0.25, 0.3) is 11.0 Å². The largest absolute Gasteiger partial charge is 0.464 e. The van der Waals surface area contributed by atoms with Gasteiger partial charge in [0.25, 0.3) is 5.91 Å². The van der Waals surface area contributed by atoms with Crippen LogP contribution < -0.4 is 5.32 Å². The van der Waals surface area contributed by atoms with Crippen molar-refractivity contribution in [1.29, 1.82) is 0 Å². The molecule has 2 aromatic carbocycles. The van der Waals surface area contributed by atoms with Crippen molar-refractivity contribution < 1.29 is 18.7 Å². The first-order valence-corrected chi connectivity index (χ1v) is 8.15. The summed E-state index contributed by atoms with van der Waals surface area (Å²) in [5.41, 5.74) is 3.35. The van der Waals surface area contributed by atoms with Gasteiger partial charge in [-0.05, 0) is 30.2 Å². The monoisotopic (exact) mass is 337 g/mol. The molecule has 0 bridgehead atoms. The van der Waals surface area contributed by atoms with Gasteiger partial charge in [-0.1, -0.05) is 37.3 Å². The Balaban J connectivity index is 1.55. The molecule has 0 radical (unpaired) electrons. The standard InChI is InChI=1S/C20H19NO4/c1-2-14-8-9-17-15(12-24-18(17)10-14)11-20(23)25-13-19(22)21-16-6-4-3-5-7-16/h3-10,12H,2,11,13H2,1H3,(H,21,22). The summed E-state index contributed by atoms with van der Waals surface area (Å²) in [6, 6.07) is 14.9. The fraction of sp³-hybridized carbons (Fsp3) is 0.200. The van der Waals surface area contributed by atoms with Crippen molar-refractivity contribution >= 4 is 28.5 Å². The van der Waals surface area contributed by atoms with E-state index in [-0.39, 0.29) is 18.9 Å². The van der Waals surface area contributed by atoms with Gasteiger partial charge in [-0.15, -0.1) is 0 Å². The minimum Gasteiger partial charge on any atom is -0.464 e. The van der Waals surface area contributed by atoms with Crippen molar-refractivity contribution in [1.82, 2.24) is 0 Å². The molecule has 0 aliphatic heterocycles. The molecule has 0 aliphatic rings. The van der Waals surface area contributed by atoms with Gasteiger partial charge >= 0.3 is 5.97 Å². The number of rotatable bonds is 6. The van der Waals surface area contributed by atoms with Crippen LogP contribution in [0, 0.1) is 0 Å².